The third kappa shape index (κ3) is 5.38. The highest BCUT2D eigenvalue weighted by Gasteiger charge is 2.32. The van der Waals surface area contributed by atoms with E-state index < -0.39 is 17.8 Å². The summed E-state index contributed by atoms with van der Waals surface area (Å²) in [4.78, 5) is 12.1. The van der Waals surface area contributed by atoms with E-state index in [0.29, 0.717) is 0 Å². The molecule has 0 saturated carbocycles. The summed E-state index contributed by atoms with van der Waals surface area (Å²) < 4.78 is 40.1. The lowest BCUT2D eigenvalue weighted by Crippen LogP contribution is -2.40. The number of halogens is 4. The molecule has 0 unspecified atom stereocenters. The zero-order chi connectivity index (χ0) is 21.0. The van der Waals surface area contributed by atoms with E-state index in [0.717, 1.165) is 29.5 Å². The molecule has 0 saturated heterocycles. The Bertz CT molecular complexity index is 991. The van der Waals surface area contributed by atoms with Crippen molar-refractivity contribution in [3.05, 3.63) is 64.6 Å². The molecule has 1 aromatic carbocycles. The van der Waals surface area contributed by atoms with Crippen molar-refractivity contribution in [3.8, 4) is 0 Å². The fraction of sp³-hybridized carbons (Fsp3) is 0.316. The minimum atomic E-state index is -4.56. The van der Waals surface area contributed by atoms with Crippen molar-refractivity contribution in [1.82, 2.24) is 25.2 Å². The highest BCUT2D eigenvalue weighted by atomic mass is 35.5. The van der Waals surface area contributed by atoms with E-state index >= 15 is 0 Å². The van der Waals surface area contributed by atoms with Gasteiger partial charge < -0.3 is 10.6 Å². The summed E-state index contributed by atoms with van der Waals surface area (Å²) in [6.45, 7) is 1.78. The summed E-state index contributed by atoms with van der Waals surface area (Å²) in [5.74, 6) is 0.139. The third-order valence-electron chi connectivity index (χ3n) is 4.35. The van der Waals surface area contributed by atoms with Gasteiger partial charge in [-0.15, -0.1) is 10.2 Å². The Morgan fingerprint density at radius 2 is 1.97 bits per heavy atom. The van der Waals surface area contributed by atoms with E-state index in [1.54, 1.807) is 0 Å². The highest BCUT2D eigenvalue weighted by molar-refractivity contribution is 6.33. The number of aromatic nitrogens is 3. The van der Waals surface area contributed by atoms with Crippen LogP contribution in [-0.4, -0.2) is 26.7 Å². The molecule has 29 heavy (non-hydrogen) atoms. The predicted octanol–water partition coefficient (Wildman–Crippen LogP) is 4.22. The zero-order valence-corrected chi connectivity index (χ0v) is 16.3. The molecule has 3 rings (SSSR count). The lowest BCUT2D eigenvalue weighted by Gasteiger charge is -2.14. The number of aryl methyl sites for hydroxylation is 1. The second-order valence-electron chi connectivity index (χ2n) is 6.64. The number of rotatable bonds is 6. The molecule has 2 amide bonds. The number of carbonyl (C=O) groups excluding carboxylic acids is 1. The number of hydrogen-bond donors (Lipinski definition) is 2. The monoisotopic (exact) mass is 425 g/mol. The third-order valence-corrected chi connectivity index (χ3v) is 4.63. The van der Waals surface area contributed by atoms with Crippen molar-refractivity contribution >= 4 is 23.3 Å². The van der Waals surface area contributed by atoms with Gasteiger partial charge in [-0.3, -0.25) is 4.40 Å². The number of nitrogens with one attached hydrogen (secondary N) is 2. The van der Waals surface area contributed by atoms with Crippen LogP contribution in [0.5, 0.6) is 0 Å². The van der Waals surface area contributed by atoms with Crippen LogP contribution in [0.15, 0.2) is 42.6 Å². The smallest absolute Gasteiger partial charge is 0.336 e. The number of nitrogens with zero attached hydrogens (tertiary/aromatic N) is 3. The Hall–Kier alpha value is -2.81. The first-order valence-electron chi connectivity index (χ1n) is 8.92. The maximum Gasteiger partial charge on any atom is 0.417 e. The lowest BCUT2D eigenvalue weighted by molar-refractivity contribution is -0.137. The Labute approximate surface area is 170 Å². The van der Waals surface area contributed by atoms with E-state index in [4.69, 9.17) is 11.6 Å². The summed E-state index contributed by atoms with van der Waals surface area (Å²) in [6.07, 6.45) is -2.14. The molecule has 0 spiro atoms. The van der Waals surface area contributed by atoms with Gasteiger partial charge in [-0.05, 0) is 31.4 Å². The van der Waals surface area contributed by atoms with Gasteiger partial charge in [0.25, 0.3) is 0 Å². The molecular weight excluding hydrogens is 407 g/mol. The van der Waals surface area contributed by atoms with E-state index in [1.165, 1.54) is 5.56 Å². The molecule has 2 N–H and O–H groups in total. The molecule has 2 aromatic heterocycles. The topological polar surface area (TPSA) is 71.3 Å². The SMILES string of the molecule is C[C@@H](CCc1ccccc1)NC(=O)NCc1nnc2c(Cl)cc(C(F)(F)F)cn12. The number of fused-ring (bicyclic) bond motifs is 1. The van der Waals surface area contributed by atoms with Gasteiger partial charge in [0, 0.05) is 12.2 Å². The van der Waals surface area contributed by atoms with Gasteiger partial charge in [0.2, 0.25) is 0 Å². The summed E-state index contributed by atoms with van der Waals surface area (Å²) in [5.41, 5.74) is 0.344. The molecule has 0 aliphatic carbocycles. The average Bonchev–Trinajstić information content (AvgIpc) is 3.08. The van der Waals surface area contributed by atoms with Crippen LogP contribution in [-0.2, 0) is 19.1 Å². The Morgan fingerprint density at radius 1 is 1.24 bits per heavy atom. The predicted molar refractivity (Wildman–Crippen MR) is 103 cm³/mol. The number of alkyl halides is 3. The van der Waals surface area contributed by atoms with Crippen LogP contribution in [0.1, 0.15) is 30.3 Å². The molecule has 154 valence electrons. The van der Waals surface area contributed by atoms with Crippen molar-refractivity contribution in [3.63, 3.8) is 0 Å². The summed E-state index contributed by atoms with van der Waals surface area (Å²) in [6, 6.07) is 10.2. The van der Waals surface area contributed by atoms with Crippen molar-refractivity contribution in [2.45, 2.75) is 38.5 Å². The molecule has 0 aliphatic rings. The maximum absolute atomic E-state index is 13.0. The van der Waals surface area contributed by atoms with Crippen LogP contribution >= 0.6 is 11.6 Å². The molecule has 2 heterocycles. The van der Waals surface area contributed by atoms with Gasteiger partial charge in [0.05, 0.1) is 17.1 Å². The molecule has 3 aromatic rings. The number of amides is 2. The fourth-order valence-corrected chi connectivity index (χ4v) is 3.06. The summed E-state index contributed by atoms with van der Waals surface area (Å²) in [7, 11) is 0. The number of urea groups is 1. The van der Waals surface area contributed by atoms with Gasteiger partial charge in [0.15, 0.2) is 11.5 Å². The fourth-order valence-electron chi connectivity index (χ4n) is 2.81. The van der Waals surface area contributed by atoms with Crippen molar-refractivity contribution < 1.29 is 18.0 Å². The minimum Gasteiger partial charge on any atom is -0.336 e. The van der Waals surface area contributed by atoms with Gasteiger partial charge in [-0.1, -0.05) is 41.9 Å². The van der Waals surface area contributed by atoms with Crippen LogP contribution in [0.25, 0.3) is 5.65 Å². The lowest BCUT2D eigenvalue weighted by atomic mass is 10.1. The van der Waals surface area contributed by atoms with Crippen molar-refractivity contribution in [1.29, 1.82) is 0 Å². The largest absolute Gasteiger partial charge is 0.417 e. The van der Waals surface area contributed by atoms with Crippen LogP contribution < -0.4 is 10.6 Å². The molecule has 0 aliphatic heterocycles. The van der Waals surface area contributed by atoms with Gasteiger partial charge >= 0.3 is 12.2 Å². The molecule has 6 nitrogen and oxygen atoms in total. The number of hydrogen-bond acceptors (Lipinski definition) is 3. The van der Waals surface area contributed by atoms with Crippen LogP contribution in [0, 0.1) is 0 Å². The van der Waals surface area contributed by atoms with Crippen molar-refractivity contribution in [2.24, 2.45) is 0 Å². The number of pyridine rings is 1. The number of benzene rings is 1. The van der Waals surface area contributed by atoms with E-state index in [9.17, 15) is 18.0 Å². The van der Waals surface area contributed by atoms with Crippen LogP contribution in [0.2, 0.25) is 5.02 Å². The molecule has 0 fully saturated rings. The standard InChI is InChI=1S/C19H19ClF3N5O/c1-12(7-8-13-5-3-2-4-6-13)25-18(29)24-10-16-26-27-17-15(20)9-14(11-28(16)17)19(21,22)23/h2-6,9,11-12H,7-8,10H2,1H3,(H2,24,25,29)/t12-/m0/s1. The van der Waals surface area contributed by atoms with Gasteiger partial charge in [-0.25, -0.2) is 4.79 Å². The first-order chi connectivity index (χ1) is 13.7. The van der Waals surface area contributed by atoms with Gasteiger partial charge in [0.1, 0.15) is 0 Å². The molecule has 0 radical (unpaired) electrons. The first-order valence-corrected chi connectivity index (χ1v) is 9.30. The quantitative estimate of drug-likeness (QED) is 0.621. The minimum absolute atomic E-state index is 0.0865. The van der Waals surface area contributed by atoms with E-state index in [1.807, 2.05) is 37.3 Å². The average molecular weight is 426 g/mol. The van der Waals surface area contributed by atoms with Crippen LogP contribution in [0.4, 0.5) is 18.0 Å². The van der Waals surface area contributed by atoms with E-state index in [-0.39, 0.29) is 29.1 Å². The van der Waals surface area contributed by atoms with Crippen LogP contribution in [0.3, 0.4) is 0 Å². The molecule has 1 atom stereocenters. The second kappa shape index (κ2) is 8.69. The van der Waals surface area contributed by atoms with E-state index in [2.05, 4.69) is 20.8 Å². The number of carbonyl (C=O) groups is 1. The zero-order valence-electron chi connectivity index (χ0n) is 15.5. The second-order valence-corrected chi connectivity index (χ2v) is 7.04. The Morgan fingerprint density at radius 3 is 2.66 bits per heavy atom. The molecular formula is C19H19ClF3N5O. The molecule has 0 bridgehead atoms. The highest BCUT2D eigenvalue weighted by Crippen LogP contribution is 2.32. The normalized spacial score (nSPS) is 12.7. The summed E-state index contributed by atoms with van der Waals surface area (Å²) >= 11 is 5.88. The van der Waals surface area contributed by atoms with Crippen molar-refractivity contribution in [2.75, 3.05) is 0 Å². The Kier molecular flexibility index (Phi) is 6.26. The van der Waals surface area contributed by atoms with Gasteiger partial charge in [-0.2, -0.15) is 13.2 Å². The molecule has 10 heteroatoms. The maximum atomic E-state index is 13.0. The Balaban J connectivity index is 1.58. The summed E-state index contributed by atoms with van der Waals surface area (Å²) in [5, 5.41) is 12.8. The first kappa shape index (κ1) is 20.9.